The number of halogens is 3. The fourth-order valence-corrected chi connectivity index (χ4v) is 2.47. The molecule has 27 heavy (non-hydrogen) atoms. The Labute approximate surface area is 153 Å². The van der Waals surface area contributed by atoms with Crippen LogP contribution >= 0.6 is 0 Å². The zero-order valence-electron chi connectivity index (χ0n) is 15.0. The summed E-state index contributed by atoms with van der Waals surface area (Å²) in [6.45, 7) is 4.08. The molecule has 4 amide bonds. The molecule has 0 radical (unpaired) electrons. The third kappa shape index (κ3) is 4.50. The van der Waals surface area contributed by atoms with E-state index in [4.69, 9.17) is 4.74 Å². The summed E-state index contributed by atoms with van der Waals surface area (Å²) in [5, 5.41) is 3.05. The molecule has 0 spiro atoms. The molecule has 1 saturated heterocycles. The van der Waals surface area contributed by atoms with Gasteiger partial charge in [-0.2, -0.15) is 13.2 Å². The van der Waals surface area contributed by atoms with Crippen molar-refractivity contribution >= 4 is 18.0 Å². The number of urea groups is 1. The van der Waals surface area contributed by atoms with E-state index in [9.17, 15) is 27.6 Å². The number of alkyl carbamates (subject to hydrolysis) is 1. The molecule has 148 valence electrons. The molecular formula is C17H20F3N3O4. The molecule has 7 nitrogen and oxygen atoms in total. The molecule has 1 heterocycles. The van der Waals surface area contributed by atoms with Crippen molar-refractivity contribution in [2.45, 2.75) is 44.6 Å². The Morgan fingerprint density at radius 3 is 2.30 bits per heavy atom. The van der Waals surface area contributed by atoms with Crippen molar-refractivity contribution in [3.8, 4) is 0 Å². The largest absolute Gasteiger partial charge is 0.444 e. The summed E-state index contributed by atoms with van der Waals surface area (Å²) in [5.74, 6) is -1.61. The lowest BCUT2D eigenvalue weighted by molar-refractivity contribution is -0.201. The van der Waals surface area contributed by atoms with E-state index >= 15 is 0 Å². The molecule has 2 rings (SSSR count). The van der Waals surface area contributed by atoms with Crippen LogP contribution in [0.2, 0.25) is 0 Å². The van der Waals surface area contributed by atoms with Gasteiger partial charge in [0, 0.05) is 6.54 Å². The topological polar surface area (TPSA) is 87.7 Å². The Bertz CT molecular complexity index is 731. The minimum Gasteiger partial charge on any atom is -0.444 e. The van der Waals surface area contributed by atoms with Crippen LogP contribution in [-0.4, -0.2) is 46.9 Å². The summed E-state index contributed by atoms with van der Waals surface area (Å²) >= 11 is 0. The van der Waals surface area contributed by atoms with Crippen LogP contribution in [0.4, 0.5) is 22.8 Å². The molecule has 1 aliphatic heterocycles. The van der Waals surface area contributed by atoms with E-state index in [0.717, 1.165) is 5.56 Å². The number of imide groups is 1. The van der Waals surface area contributed by atoms with Gasteiger partial charge in [-0.3, -0.25) is 20.3 Å². The van der Waals surface area contributed by atoms with Gasteiger partial charge in [-0.25, -0.2) is 9.59 Å². The van der Waals surface area contributed by atoms with Gasteiger partial charge in [0.15, 0.2) is 0 Å². The lowest BCUT2D eigenvalue weighted by atomic mass is 10.1. The highest BCUT2D eigenvalue weighted by molar-refractivity contribution is 6.08. The second-order valence-electron chi connectivity index (χ2n) is 7.00. The van der Waals surface area contributed by atoms with E-state index in [-0.39, 0.29) is 13.0 Å². The van der Waals surface area contributed by atoms with E-state index in [1.165, 1.54) is 26.1 Å². The summed E-state index contributed by atoms with van der Waals surface area (Å²) in [5.41, 5.74) is -3.92. The lowest BCUT2D eigenvalue weighted by Crippen LogP contribution is -2.69. The average Bonchev–Trinajstić information content (AvgIpc) is 2.75. The Kier molecular flexibility index (Phi) is 5.39. The van der Waals surface area contributed by atoms with E-state index in [1.54, 1.807) is 35.6 Å². The van der Waals surface area contributed by atoms with E-state index in [0.29, 0.717) is 4.90 Å². The van der Waals surface area contributed by atoms with Crippen molar-refractivity contribution in [2.24, 2.45) is 0 Å². The number of nitrogens with one attached hydrogen (secondary N) is 2. The highest BCUT2D eigenvalue weighted by atomic mass is 19.4. The van der Waals surface area contributed by atoms with Gasteiger partial charge in [0.05, 0.1) is 0 Å². The summed E-state index contributed by atoms with van der Waals surface area (Å²) in [4.78, 5) is 36.8. The first-order valence-corrected chi connectivity index (χ1v) is 8.12. The Morgan fingerprint density at radius 1 is 1.19 bits per heavy atom. The van der Waals surface area contributed by atoms with Crippen LogP contribution in [0.3, 0.4) is 0 Å². The number of amides is 4. The predicted molar refractivity (Wildman–Crippen MR) is 88.5 cm³/mol. The molecule has 1 aliphatic rings. The van der Waals surface area contributed by atoms with Crippen LogP contribution in [0.25, 0.3) is 0 Å². The number of hydrogen-bond acceptors (Lipinski definition) is 4. The van der Waals surface area contributed by atoms with Gasteiger partial charge >= 0.3 is 18.3 Å². The molecule has 0 saturated carbocycles. The first kappa shape index (κ1) is 20.5. The molecule has 1 aromatic carbocycles. The predicted octanol–water partition coefficient (Wildman–Crippen LogP) is 2.56. The minimum atomic E-state index is -5.27. The van der Waals surface area contributed by atoms with Crippen molar-refractivity contribution < 1.29 is 32.3 Å². The Hall–Kier alpha value is -2.78. The fraction of sp³-hybridized carbons (Fsp3) is 0.471. The average molecular weight is 387 g/mol. The van der Waals surface area contributed by atoms with Crippen LogP contribution in [-0.2, 0) is 16.0 Å². The van der Waals surface area contributed by atoms with E-state index in [1.807, 2.05) is 0 Å². The molecule has 1 fully saturated rings. The van der Waals surface area contributed by atoms with Crippen LogP contribution in [0.5, 0.6) is 0 Å². The summed E-state index contributed by atoms with van der Waals surface area (Å²) in [6.07, 6.45) is -6.57. The summed E-state index contributed by atoms with van der Waals surface area (Å²) in [7, 11) is 0. The Balaban J connectivity index is 2.22. The molecule has 0 bridgehead atoms. The van der Waals surface area contributed by atoms with Crippen molar-refractivity contribution in [2.75, 3.05) is 6.54 Å². The number of hydrogen-bond donors (Lipinski definition) is 2. The normalized spacial score (nSPS) is 20.4. The van der Waals surface area contributed by atoms with Crippen LogP contribution in [0.1, 0.15) is 26.3 Å². The maximum atomic E-state index is 13.6. The number of rotatable bonds is 4. The second-order valence-corrected chi connectivity index (χ2v) is 7.00. The van der Waals surface area contributed by atoms with Crippen molar-refractivity contribution in [3.05, 3.63) is 35.9 Å². The van der Waals surface area contributed by atoms with Gasteiger partial charge < -0.3 is 4.74 Å². The number of carbonyl (C=O) groups excluding carboxylic acids is 3. The van der Waals surface area contributed by atoms with Crippen molar-refractivity contribution in [1.82, 2.24) is 15.5 Å². The SMILES string of the molecule is CC(C)(C)OC(=O)N[C@]1(C(F)(F)F)NC(=O)N(CCc2ccccc2)C1=O. The number of alkyl halides is 3. The van der Waals surface area contributed by atoms with Gasteiger partial charge in [0.25, 0.3) is 11.6 Å². The van der Waals surface area contributed by atoms with Crippen LogP contribution < -0.4 is 10.6 Å². The van der Waals surface area contributed by atoms with Gasteiger partial charge in [0.1, 0.15) is 5.60 Å². The van der Waals surface area contributed by atoms with Gasteiger partial charge in [-0.1, -0.05) is 30.3 Å². The van der Waals surface area contributed by atoms with Crippen molar-refractivity contribution in [1.29, 1.82) is 0 Å². The summed E-state index contributed by atoms with van der Waals surface area (Å²) < 4.78 is 45.7. The monoisotopic (exact) mass is 387 g/mol. The number of carbonyl (C=O) groups is 3. The van der Waals surface area contributed by atoms with E-state index < -0.39 is 35.5 Å². The van der Waals surface area contributed by atoms with E-state index in [2.05, 4.69) is 0 Å². The second kappa shape index (κ2) is 7.09. The number of nitrogens with zero attached hydrogens (tertiary/aromatic N) is 1. The molecule has 1 aromatic rings. The van der Waals surface area contributed by atoms with Crippen molar-refractivity contribution in [3.63, 3.8) is 0 Å². The van der Waals surface area contributed by atoms with Gasteiger partial charge in [0.2, 0.25) is 0 Å². The fourth-order valence-electron chi connectivity index (χ4n) is 2.47. The number of benzene rings is 1. The molecule has 0 unspecified atom stereocenters. The highest BCUT2D eigenvalue weighted by Crippen LogP contribution is 2.34. The first-order chi connectivity index (χ1) is 12.4. The van der Waals surface area contributed by atoms with Gasteiger partial charge in [-0.15, -0.1) is 0 Å². The zero-order chi connectivity index (χ0) is 20.5. The quantitative estimate of drug-likeness (QED) is 0.778. The first-order valence-electron chi connectivity index (χ1n) is 8.12. The third-order valence-electron chi connectivity index (χ3n) is 3.69. The minimum absolute atomic E-state index is 0.167. The maximum Gasteiger partial charge on any atom is 0.440 e. The molecular weight excluding hydrogens is 367 g/mol. The van der Waals surface area contributed by atoms with Gasteiger partial charge in [-0.05, 0) is 32.8 Å². The zero-order valence-corrected chi connectivity index (χ0v) is 15.0. The molecule has 0 aliphatic carbocycles. The maximum absolute atomic E-state index is 13.6. The molecule has 2 N–H and O–H groups in total. The smallest absolute Gasteiger partial charge is 0.440 e. The summed E-state index contributed by atoms with van der Waals surface area (Å²) in [6, 6.07) is 7.40. The highest BCUT2D eigenvalue weighted by Gasteiger charge is 2.69. The Morgan fingerprint density at radius 2 is 1.78 bits per heavy atom. The molecule has 10 heteroatoms. The lowest BCUT2D eigenvalue weighted by Gasteiger charge is -2.31. The third-order valence-corrected chi connectivity index (χ3v) is 3.69. The molecule has 0 aromatic heterocycles. The number of ether oxygens (including phenoxy) is 1. The van der Waals surface area contributed by atoms with Crippen LogP contribution in [0.15, 0.2) is 30.3 Å². The molecule has 1 atom stereocenters. The van der Waals surface area contributed by atoms with Crippen LogP contribution in [0, 0.1) is 0 Å². The standard InChI is InChI=1S/C17H20F3N3O4/c1-15(2,3)27-14(26)22-16(17(18,19)20)12(24)23(13(25)21-16)10-9-11-7-5-4-6-8-11/h4-8H,9-10H2,1-3H3,(H,21,25)(H,22,26)/t16-/m1/s1.